The average Bonchev–Trinajstić information content (AvgIpc) is 2.54. The molecule has 0 aliphatic carbocycles. The van der Waals surface area contributed by atoms with Crippen LogP contribution in [0.2, 0.25) is 0 Å². The number of hydrogen-bond donors (Lipinski definition) is 2. The molecule has 0 fully saturated rings. The van der Waals surface area contributed by atoms with E-state index in [4.69, 9.17) is 9.47 Å². The molecule has 0 amide bonds. The van der Waals surface area contributed by atoms with Gasteiger partial charge in [-0.15, -0.1) is 0 Å². The summed E-state index contributed by atoms with van der Waals surface area (Å²) < 4.78 is 11.0. The van der Waals surface area contributed by atoms with Crippen LogP contribution in [0.4, 0.5) is 0 Å². The van der Waals surface area contributed by atoms with Gasteiger partial charge in [0.05, 0.1) is 10.8 Å². The topological polar surface area (TPSA) is 84.9 Å². The van der Waals surface area contributed by atoms with Crippen molar-refractivity contribution in [2.75, 3.05) is 13.1 Å². The molecule has 6 heteroatoms. The minimum atomic E-state index is -0.705. The molecule has 0 spiro atoms. The molecule has 152 valence electrons. The highest BCUT2D eigenvalue weighted by molar-refractivity contribution is 5.78. The summed E-state index contributed by atoms with van der Waals surface area (Å²) >= 11 is 0. The maximum Gasteiger partial charge on any atom is 0.316 e. The molecule has 0 saturated carbocycles. The van der Waals surface area contributed by atoms with Crippen LogP contribution in [0, 0.1) is 10.8 Å². The zero-order valence-electron chi connectivity index (χ0n) is 17.5. The van der Waals surface area contributed by atoms with Crippen molar-refractivity contribution in [2.24, 2.45) is 10.8 Å². The Balaban J connectivity index is 3.11. The molecule has 1 atom stereocenters. The summed E-state index contributed by atoms with van der Waals surface area (Å²) in [5.41, 5.74) is -0.698. The second-order valence-electron chi connectivity index (χ2n) is 8.71. The minimum Gasteiger partial charge on any atom is -0.504 e. The minimum absolute atomic E-state index is 0.0553. The third-order valence-electron chi connectivity index (χ3n) is 3.79. The van der Waals surface area contributed by atoms with Crippen LogP contribution in [-0.4, -0.2) is 30.1 Å². The van der Waals surface area contributed by atoms with Gasteiger partial charge in [-0.1, -0.05) is 13.0 Å². The van der Waals surface area contributed by atoms with E-state index in [0.717, 1.165) is 13.0 Å². The number of benzene rings is 1. The van der Waals surface area contributed by atoms with Gasteiger partial charge in [-0.3, -0.25) is 9.59 Å². The Bertz CT molecular complexity index is 656. The number of carbonyl (C=O) groups excluding carboxylic acids is 2. The molecule has 0 aliphatic heterocycles. The number of aromatic hydroxyl groups is 1. The smallest absolute Gasteiger partial charge is 0.316 e. The van der Waals surface area contributed by atoms with Gasteiger partial charge in [-0.05, 0) is 72.2 Å². The van der Waals surface area contributed by atoms with E-state index in [2.05, 4.69) is 5.32 Å². The Hall–Kier alpha value is -2.08. The highest BCUT2D eigenvalue weighted by atomic mass is 16.6. The standard InChI is InChI=1S/C21H33NO5/c1-8-11-22-13-17(27-19(25)21(5,6)7)14-9-10-15(23)16(12-14)26-18(24)20(2,3)4/h9-10,12,17,22-23H,8,11,13H2,1-7H3/t17-/m1/s1. The normalized spacial score (nSPS) is 13.1. The average molecular weight is 379 g/mol. The summed E-state index contributed by atoms with van der Waals surface area (Å²) in [6.07, 6.45) is 0.389. The number of phenols is 1. The van der Waals surface area contributed by atoms with Crippen LogP contribution in [0.25, 0.3) is 0 Å². The number of nitrogens with one attached hydrogen (secondary N) is 1. The van der Waals surface area contributed by atoms with Gasteiger partial charge in [0.1, 0.15) is 6.10 Å². The fourth-order valence-corrected chi connectivity index (χ4v) is 2.01. The summed E-state index contributed by atoms with van der Waals surface area (Å²) in [5, 5.41) is 13.3. The van der Waals surface area contributed by atoms with Crippen molar-refractivity contribution in [3.63, 3.8) is 0 Å². The largest absolute Gasteiger partial charge is 0.504 e. The Morgan fingerprint density at radius 2 is 1.67 bits per heavy atom. The van der Waals surface area contributed by atoms with Gasteiger partial charge in [0.15, 0.2) is 11.5 Å². The van der Waals surface area contributed by atoms with Crippen molar-refractivity contribution in [2.45, 2.75) is 61.0 Å². The molecule has 0 aromatic heterocycles. The lowest BCUT2D eigenvalue weighted by atomic mass is 9.97. The lowest BCUT2D eigenvalue weighted by Crippen LogP contribution is -2.30. The molecular formula is C21H33NO5. The Labute approximate surface area is 162 Å². The summed E-state index contributed by atoms with van der Waals surface area (Å²) in [5.74, 6) is -0.868. The molecule has 1 aromatic carbocycles. The number of ether oxygens (including phenoxy) is 2. The molecule has 0 unspecified atom stereocenters. The summed E-state index contributed by atoms with van der Waals surface area (Å²) in [6, 6.07) is 4.66. The Morgan fingerprint density at radius 3 is 2.19 bits per heavy atom. The van der Waals surface area contributed by atoms with E-state index >= 15 is 0 Å². The Morgan fingerprint density at radius 1 is 1.07 bits per heavy atom. The maximum absolute atomic E-state index is 12.4. The van der Waals surface area contributed by atoms with Gasteiger partial charge in [-0.25, -0.2) is 0 Å². The van der Waals surface area contributed by atoms with Gasteiger partial charge in [-0.2, -0.15) is 0 Å². The van der Waals surface area contributed by atoms with E-state index in [1.54, 1.807) is 53.7 Å². The molecule has 0 bridgehead atoms. The molecule has 27 heavy (non-hydrogen) atoms. The summed E-state index contributed by atoms with van der Waals surface area (Å²) in [6.45, 7) is 13.8. The number of hydrogen-bond acceptors (Lipinski definition) is 6. The molecule has 0 radical (unpaired) electrons. The first-order chi connectivity index (χ1) is 12.4. The lowest BCUT2D eigenvalue weighted by Gasteiger charge is -2.25. The zero-order chi connectivity index (χ0) is 20.8. The third-order valence-corrected chi connectivity index (χ3v) is 3.79. The van der Waals surface area contributed by atoms with Crippen molar-refractivity contribution in [3.8, 4) is 11.5 Å². The molecule has 0 saturated heterocycles. The van der Waals surface area contributed by atoms with Crippen LogP contribution in [0.3, 0.4) is 0 Å². The van der Waals surface area contributed by atoms with Gasteiger partial charge in [0, 0.05) is 6.54 Å². The lowest BCUT2D eigenvalue weighted by molar-refractivity contribution is -0.159. The predicted octanol–water partition coefficient (Wildman–Crippen LogP) is 3.97. The van der Waals surface area contributed by atoms with Crippen LogP contribution in [-0.2, 0) is 14.3 Å². The highest BCUT2D eigenvalue weighted by Gasteiger charge is 2.28. The highest BCUT2D eigenvalue weighted by Crippen LogP contribution is 2.33. The molecular weight excluding hydrogens is 346 g/mol. The van der Waals surface area contributed by atoms with E-state index in [0.29, 0.717) is 12.1 Å². The second-order valence-corrected chi connectivity index (χ2v) is 8.71. The number of esters is 2. The molecule has 2 N–H and O–H groups in total. The van der Waals surface area contributed by atoms with E-state index < -0.39 is 22.9 Å². The molecule has 0 aliphatic rings. The van der Waals surface area contributed by atoms with E-state index in [9.17, 15) is 14.7 Å². The van der Waals surface area contributed by atoms with Crippen molar-refractivity contribution < 1.29 is 24.2 Å². The van der Waals surface area contributed by atoms with Crippen molar-refractivity contribution in [3.05, 3.63) is 23.8 Å². The fourth-order valence-electron chi connectivity index (χ4n) is 2.01. The fraction of sp³-hybridized carbons (Fsp3) is 0.619. The zero-order valence-corrected chi connectivity index (χ0v) is 17.5. The van der Waals surface area contributed by atoms with Crippen LogP contribution >= 0.6 is 0 Å². The van der Waals surface area contributed by atoms with Crippen LogP contribution < -0.4 is 10.1 Å². The van der Waals surface area contributed by atoms with E-state index in [-0.39, 0.29) is 17.5 Å². The maximum atomic E-state index is 12.4. The number of rotatable bonds is 7. The van der Waals surface area contributed by atoms with Crippen LogP contribution in [0.15, 0.2) is 18.2 Å². The first-order valence-electron chi connectivity index (χ1n) is 9.33. The number of carbonyl (C=O) groups is 2. The SMILES string of the molecule is CCCNC[C@@H](OC(=O)C(C)(C)C)c1ccc(O)c(OC(=O)C(C)(C)C)c1. The van der Waals surface area contributed by atoms with Gasteiger partial charge in [0.25, 0.3) is 0 Å². The van der Waals surface area contributed by atoms with Crippen molar-refractivity contribution in [1.82, 2.24) is 5.32 Å². The second kappa shape index (κ2) is 9.22. The van der Waals surface area contributed by atoms with Crippen molar-refractivity contribution >= 4 is 11.9 Å². The molecule has 6 nitrogen and oxygen atoms in total. The van der Waals surface area contributed by atoms with Gasteiger partial charge < -0.3 is 19.9 Å². The first kappa shape index (κ1) is 23.0. The van der Waals surface area contributed by atoms with Gasteiger partial charge in [0.2, 0.25) is 0 Å². The van der Waals surface area contributed by atoms with Gasteiger partial charge >= 0.3 is 11.9 Å². The Kier molecular flexibility index (Phi) is 7.84. The molecule has 1 rings (SSSR count). The van der Waals surface area contributed by atoms with Crippen molar-refractivity contribution in [1.29, 1.82) is 0 Å². The monoisotopic (exact) mass is 379 g/mol. The number of phenolic OH excluding ortho intramolecular Hbond substituents is 1. The van der Waals surface area contributed by atoms with E-state index in [1.807, 2.05) is 6.92 Å². The van der Waals surface area contributed by atoms with Crippen LogP contribution in [0.1, 0.15) is 66.6 Å². The van der Waals surface area contributed by atoms with Crippen LogP contribution in [0.5, 0.6) is 11.5 Å². The third kappa shape index (κ3) is 7.21. The first-order valence-corrected chi connectivity index (χ1v) is 9.33. The van der Waals surface area contributed by atoms with E-state index in [1.165, 1.54) is 6.07 Å². The summed E-state index contributed by atoms with van der Waals surface area (Å²) in [7, 11) is 0. The molecule has 0 heterocycles. The predicted molar refractivity (Wildman–Crippen MR) is 105 cm³/mol. The quantitative estimate of drug-likeness (QED) is 0.424. The summed E-state index contributed by atoms with van der Waals surface area (Å²) in [4.78, 5) is 24.5. The molecule has 1 aromatic rings.